The summed E-state index contributed by atoms with van der Waals surface area (Å²) in [5.74, 6) is 0.614. The quantitative estimate of drug-likeness (QED) is 0.696. The third kappa shape index (κ3) is 1.21. The van der Waals surface area contributed by atoms with Gasteiger partial charge in [0.25, 0.3) is 0 Å². The molecule has 15 heavy (non-hydrogen) atoms. The molecule has 0 atom stereocenters. The lowest BCUT2D eigenvalue weighted by Gasteiger charge is -2.15. The topological polar surface area (TPSA) is 42.4 Å². The van der Waals surface area contributed by atoms with Crippen LogP contribution in [0.4, 0.5) is 5.69 Å². The molecule has 0 aliphatic carbocycles. The Kier molecular flexibility index (Phi) is 1.96. The molecule has 1 aromatic heterocycles. The molecule has 4 nitrogen and oxygen atoms in total. The molecule has 0 aromatic carbocycles. The predicted molar refractivity (Wildman–Crippen MR) is 57.2 cm³/mol. The first kappa shape index (κ1) is 9.96. The van der Waals surface area contributed by atoms with Crippen LogP contribution < -0.4 is 9.64 Å². The van der Waals surface area contributed by atoms with Gasteiger partial charge in [0.2, 0.25) is 11.8 Å². The summed E-state index contributed by atoms with van der Waals surface area (Å²) in [5.41, 5.74) is 1.10. The summed E-state index contributed by atoms with van der Waals surface area (Å²) in [5, 5.41) is 0. The number of nitrogens with zero attached hydrogens (tertiary/aromatic N) is 2. The number of fused-ring (bicyclic) bond motifs is 1. The van der Waals surface area contributed by atoms with Crippen molar-refractivity contribution in [1.82, 2.24) is 4.98 Å². The summed E-state index contributed by atoms with van der Waals surface area (Å²) in [6, 6.07) is 3.64. The number of rotatable bonds is 1. The van der Waals surface area contributed by atoms with Crippen LogP contribution >= 0.6 is 0 Å². The number of amides is 1. The van der Waals surface area contributed by atoms with Gasteiger partial charge in [-0.2, -0.15) is 0 Å². The lowest BCUT2D eigenvalue weighted by Crippen LogP contribution is -2.33. The van der Waals surface area contributed by atoms with Crippen LogP contribution in [0.1, 0.15) is 19.5 Å². The zero-order valence-electron chi connectivity index (χ0n) is 9.37. The van der Waals surface area contributed by atoms with Crippen molar-refractivity contribution in [2.45, 2.75) is 19.3 Å². The van der Waals surface area contributed by atoms with E-state index < -0.39 is 5.41 Å². The van der Waals surface area contributed by atoms with Crippen molar-refractivity contribution < 1.29 is 9.53 Å². The van der Waals surface area contributed by atoms with Gasteiger partial charge in [0.1, 0.15) is 0 Å². The van der Waals surface area contributed by atoms with E-state index in [9.17, 15) is 4.79 Å². The minimum absolute atomic E-state index is 0.0678. The first-order chi connectivity index (χ1) is 6.98. The number of likely N-dealkylation sites (N-methyl/N-ethyl adjacent to an activating group) is 1. The number of ether oxygens (including phenoxy) is 1. The lowest BCUT2D eigenvalue weighted by molar-refractivity contribution is -0.121. The average molecular weight is 206 g/mol. The second-order valence-electron chi connectivity index (χ2n) is 4.21. The summed E-state index contributed by atoms with van der Waals surface area (Å²) in [6.45, 7) is 3.76. The SMILES string of the molecule is COc1ccc2c(n1)C(C)(C)C(=O)N2C. The molecule has 1 aliphatic rings. The average Bonchev–Trinajstić information content (AvgIpc) is 2.40. The highest BCUT2D eigenvalue weighted by molar-refractivity contribution is 6.06. The Morgan fingerprint density at radius 2 is 2.07 bits per heavy atom. The molecular weight excluding hydrogens is 192 g/mol. The zero-order valence-corrected chi connectivity index (χ0v) is 9.37. The number of hydrogen-bond acceptors (Lipinski definition) is 3. The van der Waals surface area contributed by atoms with Gasteiger partial charge in [-0.25, -0.2) is 4.98 Å². The molecule has 0 bridgehead atoms. The molecule has 0 N–H and O–H groups in total. The Morgan fingerprint density at radius 3 is 2.67 bits per heavy atom. The van der Waals surface area contributed by atoms with Gasteiger partial charge in [-0.05, 0) is 19.9 Å². The number of carbonyl (C=O) groups excluding carboxylic acids is 1. The fraction of sp³-hybridized carbons (Fsp3) is 0.455. The van der Waals surface area contributed by atoms with Gasteiger partial charge in [-0.15, -0.1) is 0 Å². The molecule has 1 aromatic rings. The Morgan fingerprint density at radius 1 is 1.40 bits per heavy atom. The molecule has 1 aliphatic heterocycles. The van der Waals surface area contributed by atoms with Crippen LogP contribution in [0.15, 0.2) is 12.1 Å². The van der Waals surface area contributed by atoms with E-state index in [0.717, 1.165) is 11.4 Å². The van der Waals surface area contributed by atoms with E-state index >= 15 is 0 Å². The molecule has 0 saturated heterocycles. The highest BCUT2D eigenvalue weighted by atomic mass is 16.5. The fourth-order valence-corrected chi connectivity index (χ4v) is 1.91. The Labute approximate surface area is 88.9 Å². The number of methoxy groups -OCH3 is 1. The normalized spacial score (nSPS) is 17.9. The van der Waals surface area contributed by atoms with E-state index in [1.807, 2.05) is 19.9 Å². The predicted octanol–water partition coefficient (Wildman–Crippen LogP) is 1.34. The maximum absolute atomic E-state index is 11.9. The number of pyridine rings is 1. The van der Waals surface area contributed by atoms with Crippen molar-refractivity contribution in [2.24, 2.45) is 0 Å². The molecule has 0 unspecified atom stereocenters. The van der Waals surface area contributed by atoms with E-state index in [1.165, 1.54) is 0 Å². The minimum Gasteiger partial charge on any atom is -0.481 e. The van der Waals surface area contributed by atoms with Gasteiger partial charge in [-0.1, -0.05) is 0 Å². The van der Waals surface area contributed by atoms with Crippen LogP contribution in [0.2, 0.25) is 0 Å². The molecule has 2 rings (SSSR count). The Hall–Kier alpha value is -1.58. The summed E-state index contributed by atoms with van der Waals surface area (Å²) < 4.78 is 5.06. The molecule has 0 saturated carbocycles. The van der Waals surface area contributed by atoms with E-state index in [1.54, 1.807) is 25.1 Å². The molecule has 1 amide bonds. The van der Waals surface area contributed by atoms with Crippen molar-refractivity contribution >= 4 is 11.6 Å². The summed E-state index contributed by atoms with van der Waals surface area (Å²) in [7, 11) is 3.34. The molecule has 0 fully saturated rings. The smallest absolute Gasteiger partial charge is 0.238 e. The summed E-state index contributed by atoms with van der Waals surface area (Å²) in [6.07, 6.45) is 0. The number of hydrogen-bond donors (Lipinski definition) is 0. The lowest BCUT2D eigenvalue weighted by atomic mass is 9.90. The van der Waals surface area contributed by atoms with Crippen molar-refractivity contribution in [3.8, 4) is 5.88 Å². The maximum Gasteiger partial charge on any atom is 0.238 e. The standard InChI is InChI=1S/C11H14N2O2/c1-11(2)9-7(13(3)10(11)14)5-6-8(12-9)15-4/h5-6H,1-4H3. The van der Waals surface area contributed by atoms with Crippen LogP contribution in [0.25, 0.3) is 0 Å². The molecular formula is C11H14N2O2. The zero-order chi connectivity index (χ0) is 11.2. The van der Waals surface area contributed by atoms with Gasteiger partial charge in [0.15, 0.2) is 0 Å². The number of anilines is 1. The van der Waals surface area contributed by atoms with Crippen LogP contribution in [0.5, 0.6) is 5.88 Å². The summed E-state index contributed by atoms with van der Waals surface area (Å²) >= 11 is 0. The Bertz CT molecular complexity index is 427. The third-order valence-corrected chi connectivity index (χ3v) is 2.85. The first-order valence-corrected chi connectivity index (χ1v) is 4.82. The van der Waals surface area contributed by atoms with Crippen LogP contribution in [0.3, 0.4) is 0 Å². The van der Waals surface area contributed by atoms with Gasteiger partial charge >= 0.3 is 0 Å². The second kappa shape index (κ2) is 2.95. The van der Waals surface area contributed by atoms with Crippen molar-refractivity contribution in [3.63, 3.8) is 0 Å². The highest BCUT2D eigenvalue weighted by Crippen LogP contribution is 2.40. The van der Waals surface area contributed by atoms with Gasteiger partial charge in [0, 0.05) is 13.1 Å². The van der Waals surface area contributed by atoms with Crippen molar-refractivity contribution in [3.05, 3.63) is 17.8 Å². The highest BCUT2D eigenvalue weighted by Gasteiger charge is 2.43. The van der Waals surface area contributed by atoms with Crippen LogP contribution in [0, 0.1) is 0 Å². The molecule has 0 radical (unpaired) electrons. The van der Waals surface area contributed by atoms with Gasteiger partial charge in [0.05, 0.1) is 23.9 Å². The molecule has 0 spiro atoms. The number of carbonyl (C=O) groups is 1. The fourth-order valence-electron chi connectivity index (χ4n) is 1.91. The minimum atomic E-state index is -0.557. The van der Waals surface area contributed by atoms with Crippen LogP contribution in [-0.4, -0.2) is 25.0 Å². The number of aromatic nitrogens is 1. The van der Waals surface area contributed by atoms with Gasteiger partial charge in [-0.3, -0.25) is 4.79 Å². The molecule has 4 heteroatoms. The van der Waals surface area contributed by atoms with E-state index in [2.05, 4.69) is 4.98 Å². The van der Waals surface area contributed by atoms with Gasteiger partial charge < -0.3 is 9.64 Å². The van der Waals surface area contributed by atoms with Crippen molar-refractivity contribution in [1.29, 1.82) is 0 Å². The Balaban J connectivity index is 2.62. The summed E-state index contributed by atoms with van der Waals surface area (Å²) in [4.78, 5) is 17.9. The van der Waals surface area contributed by atoms with Crippen molar-refractivity contribution in [2.75, 3.05) is 19.1 Å². The largest absolute Gasteiger partial charge is 0.481 e. The van der Waals surface area contributed by atoms with Crippen LogP contribution in [-0.2, 0) is 10.2 Å². The van der Waals surface area contributed by atoms with E-state index in [0.29, 0.717) is 5.88 Å². The molecule has 2 heterocycles. The maximum atomic E-state index is 11.9. The monoisotopic (exact) mass is 206 g/mol. The molecule has 80 valence electrons. The third-order valence-electron chi connectivity index (χ3n) is 2.85. The first-order valence-electron chi connectivity index (χ1n) is 4.82. The van der Waals surface area contributed by atoms with E-state index in [4.69, 9.17) is 4.74 Å². The second-order valence-corrected chi connectivity index (χ2v) is 4.21. The van der Waals surface area contributed by atoms with E-state index in [-0.39, 0.29) is 5.91 Å².